The zero-order valence-corrected chi connectivity index (χ0v) is 12.6. The Morgan fingerprint density at radius 2 is 1.89 bits per heavy atom. The third-order valence-corrected chi connectivity index (χ3v) is 3.89. The van der Waals surface area contributed by atoms with E-state index >= 15 is 0 Å². The number of hydrogen-bond acceptors (Lipinski definition) is 3. The van der Waals surface area contributed by atoms with E-state index in [2.05, 4.69) is 6.92 Å². The molecule has 2 amide bonds. The predicted molar refractivity (Wildman–Crippen MR) is 78.2 cm³/mol. The van der Waals surface area contributed by atoms with Crippen LogP contribution in [0.4, 0.5) is 0 Å². The van der Waals surface area contributed by atoms with Gasteiger partial charge in [0.05, 0.1) is 16.9 Å². The van der Waals surface area contributed by atoms with Gasteiger partial charge in [-0.2, -0.15) is 0 Å². The van der Waals surface area contributed by atoms with Gasteiger partial charge in [0, 0.05) is 6.54 Å². The lowest BCUT2D eigenvalue weighted by atomic mass is 9.61. The molecule has 0 aliphatic heterocycles. The first-order chi connectivity index (χ1) is 8.69. The monoisotopic (exact) mass is 285 g/mol. The van der Waals surface area contributed by atoms with Gasteiger partial charge >= 0.3 is 0 Å². The van der Waals surface area contributed by atoms with E-state index in [9.17, 15) is 9.59 Å². The summed E-state index contributed by atoms with van der Waals surface area (Å²) in [6, 6.07) is 0. The maximum Gasteiger partial charge on any atom is 0.237 e. The number of hydrogen-bond donors (Lipinski definition) is 2. The molecule has 4 N–H and O–H groups in total. The summed E-state index contributed by atoms with van der Waals surface area (Å²) in [5.41, 5.74) is 10.2. The Balaban J connectivity index is 2.91. The molecule has 0 unspecified atom stereocenters. The lowest BCUT2D eigenvalue weighted by Crippen LogP contribution is -2.58. The van der Waals surface area contributed by atoms with Crippen molar-refractivity contribution in [2.24, 2.45) is 28.7 Å². The van der Waals surface area contributed by atoms with Crippen LogP contribution in [-0.4, -0.2) is 34.8 Å². The number of amides is 2. The fourth-order valence-electron chi connectivity index (χ4n) is 2.76. The molecule has 0 saturated heterocycles. The van der Waals surface area contributed by atoms with E-state index < -0.39 is 11.3 Å². The summed E-state index contributed by atoms with van der Waals surface area (Å²) in [6.45, 7) is 6.44. The van der Waals surface area contributed by atoms with Gasteiger partial charge in [-0.15, -0.1) is 0 Å². The summed E-state index contributed by atoms with van der Waals surface area (Å²) in [5, 5.41) is 0. The molecular formula is C13H23N3O2S. The van der Waals surface area contributed by atoms with Gasteiger partial charge in [-0.25, -0.2) is 0 Å². The van der Waals surface area contributed by atoms with Gasteiger partial charge in [0.1, 0.15) is 0 Å². The molecule has 1 fully saturated rings. The van der Waals surface area contributed by atoms with Crippen LogP contribution in [0.5, 0.6) is 0 Å². The van der Waals surface area contributed by atoms with Crippen molar-refractivity contribution in [1.82, 2.24) is 4.90 Å². The first kappa shape index (κ1) is 15.9. The fraction of sp³-hybridized carbons (Fsp3) is 0.769. The maximum atomic E-state index is 12.7. The molecule has 6 heteroatoms. The molecule has 0 bridgehead atoms. The van der Waals surface area contributed by atoms with E-state index in [-0.39, 0.29) is 23.4 Å². The van der Waals surface area contributed by atoms with E-state index in [1.807, 2.05) is 13.8 Å². The summed E-state index contributed by atoms with van der Waals surface area (Å²) >= 11 is 5.07. The topological polar surface area (TPSA) is 89.4 Å². The standard InChI is InChI=1S/C13H23N3O2S/c1-8(2)6-16(7-10(14)17)12(18)13(11(15)19)4-9(3)5-13/h8-9H,4-7H2,1-3H3,(H2,14,17)(H2,15,19). The first-order valence-electron chi connectivity index (χ1n) is 6.56. The molecule has 0 aromatic carbocycles. The van der Waals surface area contributed by atoms with Crippen LogP contribution < -0.4 is 11.5 Å². The van der Waals surface area contributed by atoms with Crippen molar-refractivity contribution < 1.29 is 9.59 Å². The van der Waals surface area contributed by atoms with Crippen LogP contribution in [0, 0.1) is 17.3 Å². The molecule has 1 aliphatic rings. The Labute approximate surface area is 119 Å². The average Bonchev–Trinajstić information content (AvgIpc) is 2.20. The van der Waals surface area contributed by atoms with Gasteiger partial charge in [-0.05, 0) is 24.7 Å². The predicted octanol–water partition coefficient (Wildman–Crippen LogP) is 0.659. The number of nitrogens with two attached hydrogens (primary N) is 2. The third-order valence-electron chi connectivity index (χ3n) is 3.49. The summed E-state index contributed by atoms with van der Waals surface area (Å²) in [6.07, 6.45) is 1.32. The minimum Gasteiger partial charge on any atom is -0.392 e. The molecule has 1 rings (SSSR count). The lowest BCUT2D eigenvalue weighted by Gasteiger charge is -2.46. The second-order valence-electron chi connectivity index (χ2n) is 6.01. The summed E-state index contributed by atoms with van der Waals surface area (Å²) < 4.78 is 0. The number of thiocarbonyl (C=S) groups is 1. The quantitative estimate of drug-likeness (QED) is 0.702. The van der Waals surface area contributed by atoms with E-state index in [0.29, 0.717) is 25.3 Å². The first-order valence-corrected chi connectivity index (χ1v) is 6.97. The summed E-state index contributed by atoms with van der Waals surface area (Å²) in [7, 11) is 0. The minimum atomic E-state index is -0.765. The molecule has 108 valence electrons. The number of carbonyl (C=O) groups excluding carboxylic acids is 2. The summed E-state index contributed by atoms with van der Waals surface area (Å²) in [4.78, 5) is 25.5. The highest BCUT2D eigenvalue weighted by Gasteiger charge is 2.52. The fourth-order valence-corrected chi connectivity index (χ4v) is 3.02. The van der Waals surface area contributed by atoms with Crippen LogP contribution in [-0.2, 0) is 9.59 Å². The van der Waals surface area contributed by atoms with Gasteiger partial charge in [0.25, 0.3) is 0 Å². The summed E-state index contributed by atoms with van der Waals surface area (Å²) in [5.74, 6) is 0.0224. The highest BCUT2D eigenvalue weighted by atomic mass is 32.1. The number of carbonyl (C=O) groups is 2. The van der Waals surface area contributed by atoms with Crippen molar-refractivity contribution in [2.75, 3.05) is 13.1 Å². The highest BCUT2D eigenvalue weighted by Crippen LogP contribution is 2.47. The molecule has 5 nitrogen and oxygen atoms in total. The molecule has 0 atom stereocenters. The van der Waals surface area contributed by atoms with Gasteiger partial charge in [0.15, 0.2) is 0 Å². The molecule has 0 aromatic heterocycles. The van der Waals surface area contributed by atoms with Crippen LogP contribution in [0.15, 0.2) is 0 Å². The van der Waals surface area contributed by atoms with Crippen LogP contribution >= 0.6 is 12.2 Å². The third kappa shape index (κ3) is 3.43. The number of primary amides is 1. The lowest BCUT2D eigenvalue weighted by molar-refractivity contribution is -0.146. The van der Waals surface area contributed by atoms with E-state index in [0.717, 1.165) is 0 Å². The van der Waals surface area contributed by atoms with E-state index in [1.54, 1.807) is 0 Å². The molecule has 0 heterocycles. The Kier molecular flexibility index (Phi) is 4.90. The molecule has 1 saturated carbocycles. The van der Waals surface area contributed by atoms with Crippen molar-refractivity contribution in [3.8, 4) is 0 Å². The normalized spacial score (nSPS) is 25.8. The number of nitrogens with zero attached hydrogens (tertiary/aromatic N) is 1. The molecule has 0 radical (unpaired) electrons. The minimum absolute atomic E-state index is 0.0737. The van der Waals surface area contributed by atoms with Gasteiger partial charge in [-0.1, -0.05) is 33.0 Å². The second kappa shape index (κ2) is 5.86. The zero-order valence-electron chi connectivity index (χ0n) is 11.8. The molecule has 19 heavy (non-hydrogen) atoms. The SMILES string of the molecule is CC(C)CN(CC(N)=O)C(=O)C1(C(N)=S)CC(C)C1. The van der Waals surface area contributed by atoms with Crippen molar-refractivity contribution in [3.05, 3.63) is 0 Å². The molecule has 0 aromatic rings. The zero-order chi connectivity index (χ0) is 14.8. The van der Waals surface area contributed by atoms with E-state index in [4.69, 9.17) is 23.7 Å². The smallest absolute Gasteiger partial charge is 0.237 e. The van der Waals surface area contributed by atoms with E-state index in [1.165, 1.54) is 4.90 Å². The van der Waals surface area contributed by atoms with Crippen molar-refractivity contribution in [2.45, 2.75) is 33.6 Å². The van der Waals surface area contributed by atoms with Gasteiger partial charge < -0.3 is 16.4 Å². The van der Waals surface area contributed by atoms with Crippen molar-refractivity contribution in [1.29, 1.82) is 0 Å². The van der Waals surface area contributed by atoms with Crippen LogP contribution in [0.3, 0.4) is 0 Å². The van der Waals surface area contributed by atoms with Crippen molar-refractivity contribution in [3.63, 3.8) is 0 Å². The van der Waals surface area contributed by atoms with Crippen molar-refractivity contribution >= 4 is 29.0 Å². The Morgan fingerprint density at radius 3 is 2.21 bits per heavy atom. The largest absolute Gasteiger partial charge is 0.392 e. The maximum absolute atomic E-state index is 12.7. The number of rotatable bonds is 6. The molecule has 0 spiro atoms. The molecule has 1 aliphatic carbocycles. The van der Waals surface area contributed by atoms with Crippen LogP contribution in [0.25, 0.3) is 0 Å². The Morgan fingerprint density at radius 1 is 1.37 bits per heavy atom. The van der Waals surface area contributed by atoms with Gasteiger partial charge in [0.2, 0.25) is 11.8 Å². The average molecular weight is 285 g/mol. The molecular weight excluding hydrogens is 262 g/mol. The Hall–Kier alpha value is -1.17. The van der Waals surface area contributed by atoms with Crippen LogP contribution in [0.1, 0.15) is 33.6 Å². The Bertz CT molecular complexity index is 389. The van der Waals surface area contributed by atoms with Crippen LogP contribution in [0.2, 0.25) is 0 Å². The highest BCUT2D eigenvalue weighted by molar-refractivity contribution is 7.80. The second-order valence-corrected chi connectivity index (χ2v) is 6.45. The van der Waals surface area contributed by atoms with Gasteiger partial charge in [-0.3, -0.25) is 9.59 Å².